The number of benzene rings is 4. The fraction of sp³-hybridized carbons (Fsp3) is 0.235. The molecule has 0 amide bonds. The molecule has 4 aromatic carbocycles. The number of fused-ring (bicyclic) bond motifs is 3. The summed E-state index contributed by atoms with van der Waals surface area (Å²) in [5.41, 5.74) is 2.51. The van der Waals surface area contributed by atoms with Crippen molar-refractivity contribution in [3.63, 3.8) is 0 Å². The van der Waals surface area contributed by atoms with E-state index in [0.717, 1.165) is 0 Å². The van der Waals surface area contributed by atoms with Gasteiger partial charge in [-0.25, -0.2) is 4.39 Å². The third-order valence-corrected chi connectivity index (χ3v) is 8.96. The van der Waals surface area contributed by atoms with Crippen molar-refractivity contribution in [2.45, 2.75) is 12.0 Å². The van der Waals surface area contributed by atoms with Crippen LogP contribution in [0.25, 0.3) is 0 Å². The Morgan fingerprint density at radius 1 is 0.956 bits per heavy atom. The molecule has 0 spiro atoms. The maximum Gasteiger partial charge on any atom is 0.310 e. The molecule has 9 nitrogen and oxygen atoms in total. The average Bonchev–Trinajstić information content (AvgIpc) is 3.67. The highest BCUT2D eigenvalue weighted by atomic mass is 35.5. The molecule has 0 radical (unpaired) electrons. The smallest absolute Gasteiger partial charge is 0.310 e. The number of esters is 1. The van der Waals surface area contributed by atoms with Gasteiger partial charge in [-0.15, -0.1) is 0 Å². The van der Waals surface area contributed by atoms with Crippen LogP contribution in [0.3, 0.4) is 0 Å². The number of aromatic hydroxyl groups is 1. The van der Waals surface area contributed by atoms with E-state index in [4.69, 9.17) is 35.3 Å². The molecule has 1 fully saturated rings. The van der Waals surface area contributed by atoms with E-state index in [1.807, 2.05) is 12.1 Å². The molecule has 2 heterocycles. The highest BCUT2D eigenvalue weighted by Gasteiger charge is 2.53. The Balaban J connectivity index is 1.39. The van der Waals surface area contributed by atoms with Crippen LogP contribution in [0, 0.1) is 17.7 Å². The molecule has 0 unspecified atom stereocenters. The second-order valence-electron chi connectivity index (χ2n) is 11.0. The van der Waals surface area contributed by atoms with E-state index in [2.05, 4.69) is 5.32 Å². The number of phenols is 1. The first-order valence-electron chi connectivity index (χ1n) is 14.2. The molecular weight excluding hydrogens is 605 g/mol. The molecule has 2 aliphatic heterocycles. The number of hydrogen-bond donors (Lipinski definition) is 2. The van der Waals surface area contributed by atoms with Crippen LogP contribution in [0.2, 0.25) is 5.02 Å². The monoisotopic (exact) mass is 631 g/mol. The number of anilines is 1. The lowest BCUT2D eigenvalue weighted by Crippen LogP contribution is -2.38. The summed E-state index contributed by atoms with van der Waals surface area (Å²) in [5.74, 6) is -2.09. The van der Waals surface area contributed by atoms with Crippen molar-refractivity contribution in [2.24, 2.45) is 11.8 Å². The van der Waals surface area contributed by atoms with Crippen LogP contribution in [-0.2, 0) is 9.53 Å². The minimum atomic E-state index is -0.725. The van der Waals surface area contributed by atoms with Crippen LogP contribution in [0.5, 0.6) is 28.7 Å². The summed E-state index contributed by atoms with van der Waals surface area (Å²) in [6.45, 7) is 0.0661. The van der Waals surface area contributed by atoms with Gasteiger partial charge in [-0.1, -0.05) is 17.7 Å². The number of carbonyl (C=O) groups excluding carboxylic acids is 2. The van der Waals surface area contributed by atoms with Crippen LogP contribution >= 0.6 is 11.6 Å². The average molecular weight is 632 g/mol. The van der Waals surface area contributed by atoms with Crippen LogP contribution in [0.4, 0.5) is 10.1 Å². The van der Waals surface area contributed by atoms with Crippen molar-refractivity contribution in [2.75, 3.05) is 32.9 Å². The van der Waals surface area contributed by atoms with Crippen molar-refractivity contribution in [1.29, 1.82) is 0 Å². The number of halogens is 2. The quantitative estimate of drug-likeness (QED) is 0.181. The molecule has 1 saturated heterocycles. The molecule has 7 rings (SSSR count). The van der Waals surface area contributed by atoms with Crippen LogP contribution in [0.15, 0.2) is 66.7 Å². The number of hydrogen-bond acceptors (Lipinski definition) is 9. The second-order valence-corrected chi connectivity index (χ2v) is 11.5. The lowest BCUT2D eigenvalue weighted by Gasteiger charge is -2.40. The topological polar surface area (TPSA) is 113 Å². The lowest BCUT2D eigenvalue weighted by atomic mass is 9.65. The standard InChI is InChI=1S/C34H27ClFNO8/c1-41-26-10-17(11-27(42-2)33(26)39)28-20-12-24-25(45-15-44-24)13-21(20)30(22-14-43-34(40)29(22)28)37-31-19(4-3-5-23(31)36)32(38)16-6-8-18(35)9-7-16/h3-13,22,28-30,37,39H,14-15H2,1-2H3/t22-,28+,29-,30+/m0/s1. The molecule has 4 atom stereocenters. The molecule has 0 bridgehead atoms. The van der Waals surface area contributed by atoms with Crippen LogP contribution < -0.4 is 24.3 Å². The van der Waals surface area contributed by atoms with Crippen LogP contribution in [-0.4, -0.2) is 44.5 Å². The third kappa shape index (κ3) is 4.76. The zero-order valence-electron chi connectivity index (χ0n) is 24.1. The Morgan fingerprint density at radius 2 is 1.62 bits per heavy atom. The Kier molecular flexibility index (Phi) is 7.16. The largest absolute Gasteiger partial charge is 0.502 e. The molecule has 2 N–H and O–H groups in total. The van der Waals surface area contributed by atoms with Crippen LogP contribution in [0.1, 0.15) is 44.6 Å². The Hall–Kier alpha value is -4.96. The van der Waals surface area contributed by atoms with E-state index in [1.165, 1.54) is 26.4 Å². The zero-order chi connectivity index (χ0) is 31.4. The van der Waals surface area contributed by atoms with E-state index in [1.54, 1.807) is 42.5 Å². The van der Waals surface area contributed by atoms with Gasteiger partial charge in [0.1, 0.15) is 5.82 Å². The van der Waals surface area contributed by atoms with Gasteiger partial charge in [0.15, 0.2) is 28.8 Å². The molecular formula is C34H27ClFNO8. The summed E-state index contributed by atoms with van der Waals surface area (Å²) in [6.07, 6.45) is 0. The maximum absolute atomic E-state index is 15.7. The van der Waals surface area contributed by atoms with Crippen molar-refractivity contribution in [3.05, 3.63) is 105 Å². The summed E-state index contributed by atoms with van der Waals surface area (Å²) in [7, 11) is 2.85. The zero-order valence-corrected chi connectivity index (χ0v) is 24.9. The van der Waals surface area contributed by atoms with Gasteiger partial charge in [0, 0.05) is 28.0 Å². The first kappa shape index (κ1) is 28.8. The van der Waals surface area contributed by atoms with Gasteiger partial charge >= 0.3 is 5.97 Å². The number of methoxy groups -OCH3 is 2. The predicted molar refractivity (Wildman–Crippen MR) is 161 cm³/mol. The molecule has 1 aliphatic carbocycles. The van der Waals surface area contributed by atoms with E-state index < -0.39 is 41.4 Å². The van der Waals surface area contributed by atoms with Gasteiger partial charge < -0.3 is 34.1 Å². The van der Waals surface area contributed by atoms with Gasteiger partial charge in [-0.05, 0) is 77.4 Å². The maximum atomic E-state index is 15.7. The minimum absolute atomic E-state index is 0.00409. The first-order valence-corrected chi connectivity index (χ1v) is 14.6. The molecule has 0 aromatic heterocycles. The number of nitrogens with one attached hydrogen (secondary N) is 1. The number of cyclic esters (lactones) is 1. The van der Waals surface area contributed by atoms with Crippen molar-refractivity contribution >= 4 is 29.0 Å². The Morgan fingerprint density at radius 3 is 2.29 bits per heavy atom. The van der Waals surface area contributed by atoms with Gasteiger partial charge in [-0.3, -0.25) is 9.59 Å². The molecule has 230 valence electrons. The van der Waals surface area contributed by atoms with Crippen molar-refractivity contribution in [1.82, 2.24) is 0 Å². The van der Waals surface area contributed by atoms with E-state index in [9.17, 15) is 14.7 Å². The van der Waals surface area contributed by atoms with E-state index in [-0.39, 0.29) is 41.9 Å². The second kappa shape index (κ2) is 11.2. The lowest BCUT2D eigenvalue weighted by molar-refractivity contribution is -0.141. The number of ether oxygens (including phenoxy) is 5. The fourth-order valence-corrected chi connectivity index (χ4v) is 6.74. The number of phenolic OH excluding ortho intramolecular Hbond substituents is 1. The molecule has 4 aromatic rings. The summed E-state index contributed by atoms with van der Waals surface area (Å²) in [6, 6.07) is 16.9. The molecule has 45 heavy (non-hydrogen) atoms. The summed E-state index contributed by atoms with van der Waals surface area (Å²) in [5, 5.41) is 14.4. The van der Waals surface area contributed by atoms with Gasteiger partial charge in [0.25, 0.3) is 0 Å². The summed E-state index contributed by atoms with van der Waals surface area (Å²) < 4.78 is 43.6. The number of para-hydroxylation sites is 1. The van der Waals surface area contributed by atoms with E-state index >= 15 is 4.39 Å². The predicted octanol–water partition coefficient (Wildman–Crippen LogP) is 6.25. The van der Waals surface area contributed by atoms with E-state index in [0.29, 0.717) is 38.8 Å². The van der Waals surface area contributed by atoms with Crippen molar-refractivity contribution < 1.29 is 42.8 Å². The number of carbonyl (C=O) groups is 2. The highest BCUT2D eigenvalue weighted by Crippen LogP contribution is 2.56. The summed E-state index contributed by atoms with van der Waals surface area (Å²) in [4.78, 5) is 27.1. The Labute approximate surface area is 262 Å². The number of rotatable bonds is 7. The van der Waals surface area contributed by atoms with Gasteiger partial charge in [-0.2, -0.15) is 0 Å². The minimum Gasteiger partial charge on any atom is -0.502 e. The SMILES string of the molecule is COc1cc([C@@H]2c3cc4c(cc3[C@@H](Nc3c(F)cccc3C(=O)c3ccc(Cl)cc3)[C@H]3COC(=O)[C@H]23)OCO4)cc(OC)c1O. The first-order chi connectivity index (χ1) is 21.8. The Bertz CT molecular complexity index is 1820. The van der Waals surface area contributed by atoms with Gasteiger partial charge in [0.05, 0.1) is 38.5 Å². The summed E-state index contributed by atoms with van der Waals surface area (Å²) >= 11 is 6.03. The van der Waals surface area contributed by atoms with Gasteiger partial charge in [0.2, 0.25) is 12.5 Å². The highest BCUT2D eigenvalue weighted by molar-refractivity contribution is 6.30. The fourth-order valence-electron chi connectivity index (χ4n) is 6.61. The van der Waals surface area contributed by atoms with Crippen molar-refractivity contribution in [3.8, 4) is 28.7 Å². The number of ketones is 1. The molecule has 3 aliphatic rings. The molecule has 11 heteroatoms. The normalized spacial score (nSPS) is 21.0. The third-order valence-electron chi connectivity index (χ3n) is 8.71. The molecule has 0 saturated carbocycles.